The van der Waals surface area contributed by atoms with Crippen molar-refractivity contribution in [2.24, 2.45) is 11.7 Å². The average Bonchev–Trinajstić information content (AvgIpc) is 3.09. The van der Waals surface area contributed by atoms with Crippen LogP contribution in [0.5, 0.6) is 0 Å². The van der Waals surface area contributed by atoms with Gasteiger partial charge in [0.2, 0.25) is 11.8 Å². The maximum atomic E-state index is 13.8. The predicted molar refractivity (Wildman–Crippen MR) is 192 cm³/mol. The van der Waals surface area contributed by atoms with Gasteiger partial charge in [-0.2, -0.15) is 0 Å². The predicted octanol–water partition coefficient (Wildman–Crippen LogP) is 6.49. The van der Waals surface area contributed by atoms with Crippen molar-refractivity contribution in [1.29, 1.82) is 0 Å². The fourth-order valence-corrected chi connectivity index (χ4v) is 7.80. The summed E-state index contributed by atoms with van der Waals surface area (Å²) >= 11 is 0. The first-order valence-electron chi connectivity index (χ1n) is 18.8. The van der Waals surface area contributed by atoms with Crippen molar-refractivity contribution in [1.82, 2.24) is 25.0 Å². The van der Waals surface area contributed by atoms with Gasteiger partial charge in [-0.25, -0.2) is 13.6 Å². The zero-order valence-electron chi connectivity index (χ0n) is 30.3. The van der Waals surface area contributed by atoms with Crippen LogP contribution >= 0.6 is 0 Å². The van der Waals surface area contributed by atoms with E-state index in [9.17, 15) is 18.4 Å². The number of aryl methyl sites for hydroxylation is 1. The van der Waals surface area contributed by atoms with Gasteiger partial charge in [-0.3, -0.25) is 19.6 Å². The highest BCUT2D eigenvalue weighted by Gasteiger charge is 2.39. The SMILES string of the molecule is CC(C)(C)OC(=O)N1CCN(CC[C@@H](NC(=O)C2CCC(F)(F)CC2)c2ccccc2)CC1CN(CCCCN)[C@H]1CCCc2cccnc21. The van der Waals surface area contributed by atoms with Crippen molar-refractivity contribution < 1.29 is 23.1 Å². The van der Waals surface area contributed by atoms with Gasteiger partial charge in [-0.05, 0) is 102 Å². The van der Waals surface area contributed by atoms with E-state index in [0.717, 1.165) is 49.9 Å². The number of benzene rings is 1. The Morgan fingerprint density at radius 1 is 1.08 bits per heavy atom. The van der Waals surface area contributed by atoms with Gasteiger partial charge in [0, 0.05) is 57.7 Å². The molecule has 3 aliphatic rings. The number of piperazine rings is 1. The van der Waals surface area contributed by atoms with E-state index in [4.69, 9.17) is 15.5 Å². The lowest BCUT2D eigenvalue weighted by Gasteiger charge is -2.45. The number of fused-ring (bicyclic) bond motifs is 1. The van der Waals surface area contributed by atoms with Crippen LogP contribution in [0.3, 0.4) is 0 Å². The van der Waals surface area contributed by atoms with Gasteiger partial charge >= 0.3 is 6.09 Å². The Kier molecular flexibility index (Phi) is 13.2. The van der Waals surface area contributed by atoms with Crippen LogP contribution < -0.4 is 11.1 Å². The zero-order valence-corrected chi connectivity index (χ0v) is 30.3. The number of ether oxygens (including phenoxy) is 1. The van der Waals surface area contributed by atoms with E-state index in [1.807, 2.05) is 68.3 Å². The molecule has 11 heteroatoms. The Morgan fingerprint density at radius 3 is 2.56 bits per heavy atom. The van der Waals surface area contributed by atoms with Gasteiger partial charge in [0.15, 0.2) is 0 Å². The molecule has 2 aliphatic carbocycles. The molecule has 276 valence electrons. The molecule has 1 saturated heterocycles. The second-order valence-electron chi connectivity index (χ2n) is 15.5. The molecule has 2 fully saturated rings. The molecular weight excluding hydrogens is 638 g/mol. The molecule has 1 unspecified atom stereocenters. The number of rotatable bonds is 13. The summed E-state index contributed by atoms with van der Waals surface area (Å²) in [4.78, 5) is 38.7. The Morgan fingerprint density at radius 2 is 1.84 bits per heavy atom. The minimum absolute atomic E-state index is 0.112. The van der Waals surface area contributed by atoms with Gasteiger partial charge in [0.05, 0.1) is 23.8 Å². The first kappa shape index (κ1) is 38.1. The Labute approximate surface area is 297 Å². The summed E-state index contributed by atoms with van der Waals surface area (Å²) in [5.74, 6) is -3.21. The highest BCUT2D eigenvalue weighted by Crippen LogP contribution is 2.37. The summed E-state index contributed by atoms with van der Waals surface area (Å²) in [7, 11) is 0. The van der Waals surface area contributed by atoms with Gasteiger partial charge in [0.25, 0.3) is 0 Å². The Hall–Kier alpha value is -3.15. The van der Waals surface area contributed by atoms with Crippen molar-refractivity contribution in [3.63, 3.8) is 0 Å². The number of hydrogen-bond acceptors (Lipinski definition) is 7. The lowest BCUT2D eigenvalue weighted by Crippen LogP contribution is -2.60. The molecule has 0 spiro atoms. The lowest BCUT2D eigenvalue weighted by molar-refractivity contribution is -0.130. The molecule has 2 heterocycles. The number of aromatic nitrogens is 1. The summed E-state index contributed by atoms with van der Waals surface area (Å²) in [6.45, 7) is 10.5. The van der Waals surface area contributed by atoms with Crippen molar-refractivity contribution in [3.05, 3.63) is 65.5 Å². The molecule has 1 saturated carbocycles. The number of carbonyl (C=O) groups is 2. The van der Waals surface area contributed by atoms with E-state index >= 15 is 0 Å². The minimum atomic E-state index is -2.68. The fraction of sp³-hybridized carbons (Fsp3) is 0.667. The van der Waals surface area contributed by atoms with E-state index in [1.165, 1.54) is 5.56 Å². The minimum Gasteiger partial charge on any atom is -0.444 e. The van der Waals surface area contributed by atoms with Gasteiger partial charge in [-0.15, -0.1) is 0 Å². The molecule has 2 amide bonds. The number of unbranched alkanes of at least 4 members (excludes halogenated alkanes) is 1. The van der Waals surface area contributed by atoms with Crippen molar-refractivity contribution >= 4 is 12.0 Å². The molecule has 3 N–H and O–H groups in total. The molecule has 1 aromatic heterocycles. The van der Waals surface area contributed by atoms with Crippen LogP contribution in [0.25, 0.3) is 0 Å². The maximum absolute atomic E-state index is 13.8. The molecule has 0 bridgehead atoms. The van der Waals surface area contributed by atoms with Crippen LogP contribution in [-0.2, 0) is 16.0 Å². The monoisotopic (exact) mass is 696 g/mol. The molecule has 0 radical (unpaired) electrons. The zero-order chi connectivity index (χ0) is 35.7. The number of hydrogen-bond donors (Lipinski definition) is 2. The van der Waals surface area contributed by atoms with E-state index in [-0.39, 0.29) is 55.8 Å². The number of pyridine rings is 1. The Balaban J connectivity index is 1.32. The average molecular weight is 697 g/mol. The largest absolute Gasteiger partial charge is 0.444 e. The molecule has 1 aromatic carbocycles. The van der Waals surface area contributed by atoms with Crippen LogP contribution in [-0.4, -0.2) is 95.1 Å². The highest BCUT2D eigenvalue weighted by molar-refractivity contribution is 5.79. The number of amides is 2. The van der Waals surface area contributed by atoms with Crippen LogP contribution in [0.2, 0.25) is 0 Å². The molecule has 2 aromatic rings. The molecule has 1 aliphatic heterocycles. The standard InChI is InChI=1S/C39H58F2N6O3/c1-38(2,3)50-37(49)47-26-25-45(24-18-33(29-11-5-4-6-12-29)44-36(48)31-16-19-39(40,41)20-17-31)27-32(47)28-46(23-8-7-21-42)34-15-9-13-30-14-10-22-43-35(30)34/h4-6,10-12,14,22,31-34H,7-9,13,15-21,23-28,42H2,1-3H3,(H,44,48)/t32?,33-,34+/m1/s1. The smallest absolute Gasteiger partial charge is 0.410 e. The summed E-state index contributed by atoms with van der Waals surface area (Å²) in [5, 5.41) is 3.23. The number of nitrogens with zero attached hydrogens (tertiary/aromatic N) is 4. The Bertz CT molecular complexity index is 1380. The summed E-state index contributed by atoms with van der Waals surface area (Å²) in [6, 6.07) is 13.9. The maximum Gasteiger partial charge on any atom is 0.410 e. The van der Waals surface area contributed by atoms with Crippen molar-refractivity contribution in [3.8, 4) is 0 Å². The third-order valence-electron chi connectivity index (χ3n) is 10.5. The molecular formula is C39H58F2N6O3. The molecule has 3 atom stereocenters. The van der Waals surface area contributed by atoms with Gasteiger partial charge < -0.3 is 20.7 Å². The normalized spacial score (nSPS) is 22.2. The number of nitrogens with two attached hydrogens (primary N) is 1. The summed E-state index contributed by atoms with van der Waals surface area (Å²) < 4.78 is 33.6. The van der Waals surface area contributed by atoms with E-state index in [0.29, 0.717) is 45.7 Å². The van der Waals surface area contributed by atoms with Gasteiger partial charge in [-0.1, -0.05) is 36.4 Å². The first-order chi connectivity index (χ1) is 23.9. The number of halogens is 2. The van der Waals surface area contributed by atoms with Crippen molar-refractivity contribution in [2.45, 2.75) is 115 Å². The van der Waals surface area contributed by atoms with Gasteiger partial charge in [0.1, 0.15) is 5.60 Å². The number of alkyl halides is 2. The van der Waals surface area contributed by atoms with E-state index < -0.39 is 17.4 Å². The second kappa shape index (κ2) is 17.4. The fourth-order valence-electron chi connectivity index (χ4n) is 7.80. The second-order valence-corrected chi connectivity index (χ2v) is 15.5. The summed E-state index contributed by atoms with van der Waals surface area (Å²) in [5.41, 5.74) is 8.75. The van der Waals surface area contributed by atoms with Crippen LogP contribution in [0.15, 0.2) is 48.7 Å². The van der Waals surface area contributed by atoms with Crippen LogP contribution in [0.4, 0.5) is 13.6 Å². The first-order valence-corrected chi connectivity index (χ1v) is 18.8. The molecule has 5 rings (SSSR count). The third kappa shape index (κ3) is 10.7. The number of carbonyl (C=O) groups excluding carboxylic acids is 2. The quantitative estimate of drug-likeness (QED) is 0.231. The van der Waals surface area contributed by atoms with E-state index in [1.54, 1.807) is 0 Å². The van der Waals surface area contributed by atoms with E-state index in [2.05, 4.69) is 21.2 Å². The van der Waals surface area contributed by atoms with Crippen LogP contribution in [0.1, 0.15) is 107 Å². The van der Waals surface area contributed by atoms with Crippen molar-refractivity contribution in [2.75, 3.05) is 45.8 Å². The highest BCUT2D eigenvalue weighted by atomic mass is 19.3. The lowest BCUT2D eigenvalue weighted by atomic mass is 9.86. The number of nitrogens with one attached hydrogen (secondary N) is 1. The molecule has 50 heavy (non-hydrogen) atoms. The molecule has 9 nitrogen and oxygen atoms in total. The third-order valence-corrected chi connectivity index (χ3v) is 10.5. The summed E-state index contributed by atoms with van der Waals surface area (Å²) in [6.07, 6.45) is 7.24. The topological polar surface area (TPSA) is 104 Å². The van der Waals surface area contributed by atoms with Crippen LogP contribution in [0, 0.1) is 5.92 Å².